The van der Waals surface area contributed by atoms with Crippen molar-refractivity contribution in [2.45, 2.75) is 24.3 Å². The van der Waals surface area contributed by atoms with Gasteiger partial charge in [-0.15, -0.1) is 11.8 Å². The van der Waals surface area contributed by atoms with Gasteiger partial charge in [0.2, 0.25) is 5.91 Å². The van der Waals surface area contributed by atoms with Crippen LogP contribution in [0.25, 0.3) is 0 Å². The van der Waals surface area contributed by atoms with E-state index in [-0.39, 0.29) is 11.8 Å². The average Bonchev–Trinajstić information content (AvgIpc) is 3.35. The fourth-order valence-electron chi connectivity index (χ4n) is 3.67. The monoisotopic (exact) mass is 527 g/mol. The van der Waals surface area contributed by atoms with E-state index in [1.54, 1.807) is 30.0 Å². The molecule has 1 aliphatic heterocycles. The van der Waals surface area contributed by atoms with Crippen LogP contribution in [0, 0.1) is 5.92 Å². The van der Waals surface area contributed by atoms with E-state index in [1.165, 1.54) is 7.11 Å². The first kappa shape index (κ1) is 27.3. The van der Waals surface area contributed by atoms with E-state index in [0.717, 1.165) is 16.8 Å². The third-order valence-electron chi connectivity index (χ3n) is 5.45. The molecule has 0 aromatic heterocycles. The van der Waals surface area contributed by atoms with Crippen LogP contribution in [0.15, 0.2) is 90.5 Å². The van der Waals surface area contributed by atoms with Crippen molar-refractivity contribution in [2.75, 3.05) is 11.8 Å². The molecule has 1 amide bonds. The maximum Gasteiger partial charge on any atom is 0.318 e. The smallest absolute Gasteiger partial charge is 0.318 e. The van der Waals surface area contributed by atoms with Crippen molar-refractivity contribution in [3.05, 3.63) is 102 Å². The Hall–Kier alpha value is -3.34. The van der Waals surface area contributed by atoms with Crippen molar-refractivity contribution in [2.24, 2.45) is 5.92 Å². The van der Waals surface area contributed by atoms with Crippen LogP contribution in [0.4, 0.5) is 5.69 Å². The van der Waals surface area contributed by atoms with Gasteiger partial charge in [0.25, 0.3) is 11.3 Å². The highest BCUT2D eigenvalue weighted by atomic mass is 32.2. The van der Waals surface area contributed by atoms with E-state index in [0.29, 0.717) is 12.1 Å². The maximum atomic E-state index is 13.4. The highest BCUT2D eigenvalue weighted by Crippen LogP contribution is 2.26. The predicted octanol–water partition coefficient (Wildman–Crippen LogP) is 3.54. The first-order valence-corrected chi connectivity index (χ1v) is 13.2. The Bertz CT molecular complexity index is 1140. The van der Waals surface area contributed by atoms with Crippen molar-refractivity contribution in [1.82, 2.24) is 10.6 Å². The van der Waals surface area contributed by atoms with E-state index >= 15 is 0 Å². The van der Waals surface area contributed by atoms with Crippen LogP contribution in [-0.4, -0.2) is 39.2 Å². The van der Waals surface area contributed by atoms with Crippen LogP contribution in [-0.2, 0) is 38.4 Å². The van der Waals surface area contributed by atoms with E-state index < -0.39 is 35.1 Å². The van der Waals surface area contributed by atoms with Gasteiger partial charge in [0, 0.05) is 11.4 Å². The number of anilines is 1. The number of benzene rings is 2. The number of hydrogen-bond donors (Lipinski definition) is 4. The van der Waals surface area contributed by atoms with Gasteiger partial charge < -0.3 is 15.4 Å². The SMILES string of the molecule is C=C/C=C/C1NC([C@H](Cc2ccc(NS(=O)O)cc2)NC(=O)C(Cc2ccccc2)C(=O)OC)=CS1. The summed E-state index contributed by atoms with van der Waals surface area (Å²) in [5, 5.41) is 8.37. The zero-order valence-corrected chi connectivity index (χ0v) is 21.4. The van der Waals surface area contributed by atoms with Crippen LogP contribution >= 0.6 is 11.8 Å². The number of hydrogen-bond acceptors (Lipinski definition) is 6. The summed E-state index contributed by atoms with van der Waals surface area (Å²) in [6, 6.07) is 15.9. The predicted molar refractivity (Wildman–Crippen MR) is 144 cm³/mol. The summed E-state index contributed by atoms with van der Waals surface area (Å²) in [6.07, 6.45) is 6.15. The Kier molecular flexibility index (Phi) is 10.3. The zero-order chi connectivity index (χ0) is 25.9. The van der Waals surface area contributed by atoms with E-state index in [4.69, 9.17) is 9.29 Å². The molecule has 0 saturated heterocycles. The lowest BCUT2D eigenvalue weighted by molar-refractivity contribution is -0.150. The number of rotatable bonds is 12. The second-order valence-corrected chi connectivity index (χ2v) is 9.69. The summed E-state index contributed by atoms with van der Waals surface area (Å²) in [5.74, 6) is -2.03. The third kappa shape index (κ3) is 8.11. The molecule has 0 saturated carbocycles. The maximum absolute atomic E-state index is 13.4. The fraction of sp³-hybridized carbons (Fsp3) is 0.231. The minimum atomic E-state index is -2.16. The second kappa shape index (κ2) is 13.7. The number of amides is 1. The number of carbonyl (C=O) groups is 2. The number of allylic oxidation sites excluding steroid dienone is 2. The zero-order valence-electron chi connectivity index (χ0n) is 19.8. The number of carbonyl (C=O) groups excluding carboxylic acids is 2. The lowest BCUT2D eigenvalue weighted by Gasteiger charge is -2.24. The van der Waals surface area contributed by atoms with Crippen molar-refractivity contribution >= 4 is 40.6 Å². The minimum Gasteiger partial charge on any atom is -0.468 e. The lowest BCUT2D eigenvalue weighted by Crippen LogP contribution is -2.46. The molecule has 1 heterocycles. The van der Waals surface area contributed by atoms with E-state index in [9.17, 15) is 13.8 Å². The molecular formula is C26H29N3O5S2. The molecule has 0 spiro atoms. The van der Waals surface area contributed by atoms with Crippen LogP contribution in [0.2, 0.25) is 0 Å². The molecule has 0 fully saturated rings. The Morgan fingerprint density at radius 2 is 1.86 bits per heavy atom. The Morgan fingerprint density at radius 3 is 2.50 bits per heavy atom. The fourth-order valence-corrected chi connectivity index (χ4v) is 4.91. The summed E-state index contributed by atoms with van der Waals surface area (Å²) in [5.41, 5.74) is 3.06. The molecule has 4 atom stereocenters. The molecule has 190 valence electrons. The van der Waals surface area contributed by atoms with Gasteiger partial charge in [0.1, 0.15) is 5.92 Å². The molecule has 8 nitrogen and oxygen atoms in total. The van der Waals surface area contributed by atoms with Gasteiger partial charge in [0.15, 0.2) is 0 Å². The molecule has 4 N–H and O–H groups in total. The van der Waals surface area contributed by atoms with Crippen molar-refractivity contribution in [3.63, 3.8) is 0 Å². The van der Waals surface area contributed by atoms with Crippen LogP contribution in [0.5, 0.6) is 0 Å². The van der Waals surface area contributed by atoms with Crippen molar-refractivity contribution < 1.29 is 23.1 Å². The minimum absolute atomic E-state index is 0.00997. The van der Waals surface area contributed by atoms with Crippen LogP contribution in [0.3, 0.4) is 0 Å². The molecule has 0 aliphatic carbocycles. The second-order valence-electron chi connectivity index (χ2n) is 7.97. The number of esters is 1. The van der Waals surface area contributed by atoms with Crippen LogP contribution < -0.4 is 15.4 Å². The average molecular weight is 528 g/mol. The topological polar surface area (TPSA) is 117 Å². The Labute approximate surface area is 217 Å². The third-order valence-corrected chi connectivity index (χ3v) is 6.82. The van der Waals surface area contributed by atoms with Gasteiger partial charge >= 0.3 is 5.97 Å². The van der Waals surface area contributed by atoms with E-state index in [1.807, 2.05) is 60.0 Å². The molecule has 2 aromatic carbocycles. The largest absolute Gasteiger partial charge is 0.468 e. The molecule has 0 radical (unpaired) electrons. The molecule has 3 rings (SSSR count). The summed E-state index contributed by atoms with van der Waals surface area (Å²) < 4.78 is 27.4. The van der Waals surface area contributed by atoms with Crippen molar-refractivity contribution in [1.29, 1.82) is 0 Å². The van der Waals surface area contributed by atoms with Crippen molar-refractivity contribution in [3.8, 4) is 0 Å². The Balaban J connectivity index is 1.80. The standard InChI is InChI=1S/C26H29N3O5S2/c1-3-4-10-24-27-23(17-35-24)22(16-19-11-13-20(14-12-19)29-36(32)33)28-25(30)21(26(31)34-2)15-18-8-6-5-7-9-18/h3-14,17,21-22,24,27,29H,1,15-16H2,2H3,(H,28,30)(H,32,33)/b10-4+/t21?,22-,24?/m0/s1. The molecule has 2 aromatic rings. The van der Waals surface area contributed by atoms with Gasteiger partial charge in [-0.2, -0.15) is 0 Å². The van der Waals surface area contributed by atoms with Gasteiger partial charge in [-0.25, -0.2) is 4.21 Å². The molecule has 0 bridgehead atoms. The molecule has 3 unspecified atom stereocenters. The summed E-state index contributed by atoms with van der Waals surface area (Å²) in [7, 11) is 1.27. The lowest BCUT2D eigenvalue weighted by atomic mass is 9.97. The summed E-state index contributed by atoms with van der Waals surface area (Å²) in [4.78, 5) is 25.9. The number of ether oxygens (including phenoxy) is 1. The molecular weight excluding hydrogens is 498 g/mol. The summed E-state index contributed by atoms with van der Waals surface area (Å²) >= 11 is -0.599. The first-order chi connectivity index (χ1) is 17.4. The highest BCUT2D eigenvalue weighted by Gasteiger charge is 2.31. The first-order valence-electron chi connectivity index (χ1n) is 11.2. The van der Waals surface area contributed by atoms with Crippen LogP contribution in [0.1, 0.15) is 11.1 Å². The normalized spacial score (nSPS) is 17.4. The van der Waals surface area contributed by atoms with Gasteiger partial charge in [-0.1, -0.05) is 67.3 Å². The number of nitrogens with one attached hydrogen (secondary N) is 3. The van der Waals surface area contributed by atoms with Gasteiger partial charge in [0.05, 0.1) is 18.5 Å². The highest BCUT2D eigenvalue weighted by molar-refractivity contribution is 8.03. The van der Waals surface area contributed by atoms with Gasteiger partial charge in [-0.05, 0) is 41.5 Å². The number of methoxy groups -OCH3 is 1. The van der Waals surface area contributed by atoms with E-state index in [2.05, 4.69) is 21.9 Å². The molecule has 36 heavy (non-hydrogen) atoms. The molecule has 10 heteroatoms. The Morgan fingerprint density at radius 1 is 1.17 bits per heavy atom. The number of thioether (sulfide) groups is 1. The van der Waals surface area contributed by atoms with Gasteiger partial charge in [-0.3, -0.25) is 18.9 Å². The molecule has 1 aliphatic rings. The summed E-state index contributed by atoms with van der Waals surface area (Å²) in [6.45, 7) is 3.69. The quantitative estimate of drug-likeness (QED) is 0.144.